The first kappa shape index (κ1) is 14.0. The van der Waals surface area contributed by atoms with Crippen LogP contribution in [0.1, 0.15) is 52.9 Å². The number of ether oxygens (including phenoxy) is 1. The van der Waals surface area contributed by atoms with E-state index in [2.05, 4.69) is 31.0 Å². The van der Waals surface area contributed by atoms with Crippen molar-refractivity contribution in [3.63, 3.8) is 0 Å². The average Bonchev–Trinajstić information content (AvgIpc) is 2.38. The Bertz CT molecular complexity index is 414. The van der Waals surface area contributed by atoms with E-state index >= 15 is 0 Å². The molecule has 0 aliphatic heterocycles. The van der Waals surface area contributed by atoms with E-state index in [1.54, 1.807) is 0 Å². The summed E-state index contributed by atoms with van der Waals surface area (Å²) in [5.74, 6) is 0.886. The minimum Gasteiger partial charge on any atom is -0.465 e. The van der Waals surface area contributed by atoms with Gasteiger partial charge in [-0.15, -0.1) is 5.11 Å². The second-order valence-electron chi connectivity index (χ2n) is 6.29. The van der Waals surface area contributed by atoms with Crippen LogP contribution in [0.5, 0.6) is 5.75 Å². The lowest BCUT2D eigenvalue weighted by Gasteiger charge is -2.33. The van der Waals surface area contributed by atoms with Crippen LogP contribution in [0.2, 0.25) is 0 Å². The number of hydrogen-bond acceptors (Lipinski definition) is 3. The average molecular weight is 260 g/mol. The molecule has 1 aliphatic carbocycles. The molecule has 3 nitrogen and oxygen atoms in total. The second kappa shape index (κ2) is 5.72. The molecule has 3 heteroatoms. The molecule has 1 aromatic carbocycles. The van der Waals surface area contributed by atoms with Crippen LogP contribution in [-0.4, -0.2) is 11.3 Å². The second-order valence-corrected chi connectivity index (χ2v) is 6.29. The summed E-state index contributed by atoms with van der Waals surface area (Å²) >= 11 is 0. The lowest BCUT2D eigenvalue weighted by molar-refractivity contribution is 0.0291. The molecule has 0 amide bonds. The Kier molecular flexibility index (Phi) is 4.23. The molecule has 0 radical (unpaired) electrons. The van der Waals surface area contributed by atoms with Gasteiger partial charge < -0.3 is 4.74 Å². The maximum atomic E-state index is 6.18. The highest BCUT2D eigenvalue weighted by molar-refractivity contribution is 5.22. The summed E-state index contributed by atoms with van der Waals surface area (Å²) in [7, 11) is 0. The zero-order valence-electron chi connectivity index (χ0n) is 12.2. The van der Waals surface area contributed by atoms with E-state index in [4.69, 9.17) is 4.74 Å². The Morgan fingerprint density at radius 2 is 1.63 bits per heavy atom. The van der Waals surface area contributed by atoms with Crippen molar-refractivity contribution in [3.05, 3.63) is 30.3 Å². The van der Waals surface area contributed by atoms with Crippen LogP contribution in [0.15, 0.2) is 40.6 Å². The van der Waals surface area contributed by atoms with Gasteiger partial charge in [0.15, 0.2) is 0 Å². The Balaban J connectivity index is 2.17. The standard InChI is InChI=1S/C16H24N2O/c1-15(2,3)17-18-16(12-8-5-9-13-16)19-14-10-6-4-7-11-14/h4,6-7,10-11H,5,8-9,12-13H2,1-3H3/b18-17+. The van der Waals surface area contributed by atoms with Crippen molar-refractivity contribution in [1.82, 2.24) is 0 Å². The molecule has 1 aromatic rings. The van der Waals surface area contributed by atoms with Crippen molar-refractivity contribution in [2.45, 2.75) is 64.1 Å². The van der Waals surface area contributed by atoms with E-state index < -0.39 is 5.72 Å². The van der Waals surface area contributed by atoms with Crippen molar-refractivity contribution >= 4 is 0 Å². The normalized spacial score (nSPS) is 19.5. The maximum absolute atomic E-state index is 6.18. The third-order valence-corrected chi connectivity index (χ3v) is 3.22. The van der Waals surface area contributed by atoms with E-state index in [9.17, 15) is 0 Å². The molecule has 0 heterocycles. The predicted octanol–water partition coefficient (Wildman–Crippen LogP) is 4.98. The molecule has 104 valence electrons. The Morgan fingerprint density at radius 3 is 2.21 bits per heavy atom. The highest BCUT2D eigenvalue weighted by Gasteiger charge is 2.34. The maximum Gasteiger partial charge on any atom is 0.218 e. The van der Waals surface area contributed by atoms with Crippen LogP contribution in [0.3, 0.4) is 0 Å². The third kappa shape index (κ3) is 4.34. The van der Waals surface area contributed by atoms with E-state index in [1.807, 2.05) is 30.3 Å². The van der Waals surface area contributed by atoms with Gasteiger partial charge in [-0.25, -0.2) is 0 Å². The summed E-state index contributed by atoms with van der Waals surface area (Å²) in [6.45, 7) is 6.20. The lowest BCUT2D eigenvalue weighted by Crippen LogP contribution is -2.36. The molecule has 0 N–H and O–H groups in total. The molecular formula is C16H24N2O. The number of benzene rings is 1. The number of hydrogen-bond donors (Lipinski definition) is 0. The van der Waals surface area contributed by atoms with Gasteiger partial charge in [-0.2, -0.15) is 5.11 Å². The molecule has 1 saturated carbocycles. The van der Waals surface area contributed by atoms with Gasteiger partial charge in [-0.3, -0.25) is 0 Å². The van der Waals surface area contributed by atoms with Crippen molar-refractivity contribution in [1.29, 1.82) is 0 Å². The Morgan fingerprint density at radius 1 is 1.00 bits per heavy atom. The van der Waals surface area contributed by atoms with Crippen molar-refractivity contribution in [3.8, 4) is 5.75 Å². The van der Waals surface area contributed by atoms with Gasteiger partial charge in [0.25, 0.3) is 0 Å². The molecule has 0 spiro atoms. The molecule has 0 atom stereocenters. The molecule has 0 saturated heterocycles. The first-order valence-corrected chi connectivity index (χ1v) is 7.17. The van der Waals surface area contributed by atoms with Crippen LogP contribution >= 0.6 is 0 Å². The van der Waals surface area contributed by atoms with Gasteiger partial charge >= 0.3 is 0 Å². The van der Waals surface area contributed by atoms with E-state index in [1.165, 1.54) is 6.42 Å². The van der Waals surface area contributed by atoms with E-state index in [-0.39, 0.29) is 5.54 Å². The summed E-state index contributed by atoms with van der Waals surface area (Å²) in [6, 6.07) is 9.96. The SMILES string of the molecule is CC(C)(C)/N=N/C1(Oc2ccccc2)CCCCC1. The molecular weight excluding hydrogens is 236 g/mol. The Labute approximate surface area is 116 Å². The topological polar surface area (TPSA) is 34.0 Å². The van der Waals surface area contributed by atoms with Gasteiger partial charge in [0, 0.05) is 12.8 Å². The van der Waals surface area contributed by atoms with Crippen LogP contribution < -0.4 is 4.74 Å². The third-order valence-electron chi connectivity index (χ3n) is 3.22. The minimum atomic E-state index is -0.452. The monoisotopic (exact) mass is 260 g/mol. The number of azo groups is 1. The smallest absolute Gasteiger partial charge is 0.218 e. The Hall–Kier alpha value is -1.38. The molecule has 0 unspecified atom stereocenters. The van der Waals surface area contributed by atoms with Gasteiger partial charge in [0.2, 0.25) is 5.72 Å². The molecule has 1 aliphatic rings. The molecule has 19 heavy (non-hydrogen) atoms. The van der Waals surface area contributed by atoms with Crippen molar-refractivity contribution in [2.24, 2.45) is 10.2 Å². The van der Waals surface area contributed by atoms with Crippen LogP contribution in [0.25, 0.3) is 0 Å². The zero-order valence-corrected chi connectivity index (χ0v) is 12.2. The quantitative estimate of drug-likeness (QED) is 0.706. The number of nitrogens with zero attached hydrogens (tertiary/aromatic N) is 2. The fraction of sp³-hybridized carbons (Fsp3) is 0.625. The molecule has 0 bridgehead atoms. The summed E-state index contributed by atoms with van der Waals surface area (Å²) in [5.41, 5.74) is -0.600. The predicted molar refractivity (Wildman–Crippen MR) is 77.5 cm³/mol. The molecule has 2 rings (SSSR count). The fourth-order valence-corrected chi connectivity index (χ4v) is 2.28. The van der Waals surface area contributed by atoms with Gasteiger partial charge in [-0.1, -0.05) is 24.6 Å². The minimum absolute atomic E-state index is 0.148. The van der Waals surface area contributed by atoms with E-state index in [0.29, 0.717) is 0 Å². The summed E-state index contributed by atoms with van der Waals surface area (Å²) < 4.78 is 6.18. The van der Waals surface area contributed by atoms with Crippen molar-refractivity contribution < 1.29 is 4.74 Å². The molecule has 0 aromatic heterocycles. The highest BCUT2D eigenvalue weighted by Crippen LogP contribution is 2.35. The van der Waals surface area contributed by atoms with Crippen LogP contribution in [0.4, 0.5) is 0 Å². The molecule has 1 fully saturated rings. The van der Waals surface area contributed by atoms with Gasteiger partial charge in [0.1, 0.15) is 5.75 Å². The van der Waals surface area contributed by atoms with Crippen LogP contribution in [-0.2, 0) is 0 Å². The first-order valence-electron chi connectivity index (χ1n) is 7.17. The van der Waals surface area contributed by atoms with Crippen molar-refractivity contribution in [2.75, 3.05) is 0 Å². The largest absolute Gasteiger partial charge is 0.465 e. The zero-order chi connectivity index (χ0) is 13.8. The fourth-order valence-electron chi connectivity index (χ4n) is 2.28. The summed E-state index contributed by atoms with van der Waals surface area (Å²) in [6.07, 6.45) is 5.51. The first-order chi connectivity index (χ1) is 8.99. The number of rotatable bonds is 3. The summed E-state index contributed by atoms with van der Waals surface area (Å²) in [5, 5.41) is 9.03. The van der Waals surface area contributed by atoms with Gasteiger partial charge in [-0.05, 0) is 45.7 Å². The van der Waals surface area contributed by atoms with Crippen LogP contribution in [0, 0.1) is 0 Å². The van der Waals surface area contributed by atoms with Gasteiger partial charge in [0.05, 0.1) is 5.54 Å². The highest BCUT2D eigenvalue weighted by atomic mass is 16.5. The lowest BCUT2D eigenvalue weighted by atomic mass is 9.92. The van der Waals surface area contributed by atoms with E-state index in [0.717, 1.165) is 31.4 Å². The number of para-hydroxylation sites is 1. The summed E-state index contributed by atoms with van der Waals surface area (Å²) in [4.78, 5) is 0.